The monoisotopic (exact) mass is 239 g/mol. The molecule has 0 spiro atoms. The topological polar surface area (TPSA) is 62.3 Å². The summed E-state index contributed by atoms with van der Waals surface area (Å²) in [4.78, 5) is 29.2. The smallest absolute Gasteiger partial charge is 0.246 e. The van der Waals surface area contributed by atoms with E-state index in [1.165, 1.54) is 11.9 Å². The van der Waals surface area contributed by atoms with E-state index in [-0.39, 0.29) is 24.3 Å². The van der Waals surface area contributed by atoms with Gasteiger partial charge in [-0.1, -0.05) is 0 Å². The first-order valence-electron chi connectivity index (χ1n) is 5.03. The van der Waals surface area contributed by atoms with Crippen LogP contribution in [0, 0.1) is 6.92 Å². The molecule has 6 heteroatoms. The zero-order valence-electron chi connectivity index (χ0n) is 9.19. The minimum Gasteiger partial charge on any atom is -0.300 e. The molecule has 1 fully saturated rings. The van der Waals surface area contributed by atoms with Crippen LogP contribution in [0.1, 0.15) is 16.3 Å². The lowest BCUT2D eigenvalue weighted by Gasteiger charge is -2.09. The van der Waals surface area contributed by atoms with Gasteiger partial charge in [0.15, 0.2) is 0 Å². The number of nitrogens with zero attached hydrogens (tertiary/aromatic N) is 2. The van der Waals surface area contributed by atoms with E-state index in [0.29, 0.717) is 6.54 Å². The lowest BCUT2D eigenvalue weighted by Crippen LogP contribution is -2.36. The fraction of sp³-hybridized carbons (Fsp3) is 0.500. The number of carbonyl (C=O) groups is 2. The van der Waals surface area contributed by atoms with Gasteiger partial charge in [0.1, 0.15) is 0 Å². The molecule has 0 aliphatic carbocycles. The summed E-state index contributed by atoms with van der Waals surface area (Å²) in [5.41, 5.74) is 0. The first-order valence-corrected chi connectivity index (χ1v) is 5.84. The van der Waals surface area contributed by atoms with Crippen molar-refractivity contribution in [2.75, 3.05) is 7.05 Å². The number of rotatable bonds is 3. The van der Waals surface area contributed by atoms with Crippen molar-refractivity contribution < 1.29 is 9.59 Å². The average Bonchev–Trinajstić information content (AvgIpc) is 2.76. The Hall–Kier alpha value is -1.27. The van der Waals surface area contributed by atoms with Gasteiger partial charge in [0.25, 0.3) is 0 Å². The van der Waals surface area contributed by atoms with Gasteiger partial charge in [0, 0.05) is 24.7 Å². The summed E-state index contributed by atoms with van der Waals surface area (Å²) >= 11 is 1.59. The molecule has 1 unspecified atom stereocenters. The van der Waals surface area contributed by atoms with Crippen LogP contribution in [-0.4, -0.2) is 34.8 Å². The van der Waals surface area contributed by atoms with Gasteiger partial charge < -0.3 is 5.32 Å². The molecule has 2 rings (SSSR count). The van der Waals surface area contributed by atoms with E-state index in [9.17, 15) is 9.59 Å². The number of hydrogen-bond acceptors (Lipinski definition) is 5. The van der Waals surface area contributed by atoms with E-state index in [1.54, 1.807) is 17.5 Å². The van der Waals surface area contributed by atoms with Crippen LogP contribution in [-0.2, 0) is 16.1 Å². The lowest BCUT2D eigenvalue weighted by molar-refractivity contribution is -0.137. The zero-order valence-corrected chi connectivity index (χ0v) is 10.0. The highest BCUT2D eigenvalue weighted by atomic mass is 32.1. The van der Waals surface area contributed by atoms with Gasteiger partial charge in [-0.25, -0.2) is 4.98 Å². The van der Waals surface area contributed by atoms with Gasteiger partial charge in [-0.15, -0.1) is 11.3 Å². The highest BCUT2D eigenvalue weighted by Gasteiger charge is 2.35. The molecule has 1 saturated heterocycles. The van der Waals surface area contributed by atoms with E-state index in [0.717, 1.165) is 9.88 Å². The van der Waals surface area contributed by atoms with Crippen LogP contribution >= 0.6 is 11.3 Å². The molecule has 0 radical (unpaired) electrons. The van der Waals surface area contributed by atoms with Gasteiger partial charge >= 0.3 is 0 Å². The number of hydrogen-bond donors (Lipinski definition) is 1. The van der Waals surface area contributed by atoms with Crippen LogP contribution in [0.4, 0.5) is 0 Å². The Balaban J connectivity index is 1.92. The van der Waals surface area contributed by atoms with Crippen molar-refractivity contribution in [2.24, 2.45) is 0 Å². The Kier molecular flexibility index (Phi) is 3.02. The van der Waals surface area contributed by atoms with Crippen LogP contribution in [0.2, 0.25) is 0 Å². The van der Waals surface area contributed by atoms with Gasteiger partial charge in [-0.3, -0.25) is 14.5 Å². The van der Waals surface area contributed by atoms with Crippen molar-refractivity contribution in [3.05, 3.63) is 16.1 Å². The molecule has 2 amide bonds. The molecule has 1 aromatic rings. The van der Waals surface area contributed by atoms with Gasteiger partial charge in [-0.05, 0) is 6.92 Å². The van der Waals surface area contributed by atoms with Gasteiger partial charge in [0.2, 0.25) is 11.8 Å². The molecule has 1 atom stereocenters. The summed E-state index contributed by atoms with van der Waals surface area (Å²) in [5.74, 6) is -0.269. The molecular formula is C10H13N3O2S. The maximum atomic E-state index is 11.6. The number of likely N-dealkylation sites (N-methyl/N-ethyl adjacent to an activating group) is 1. The van der Waals surface area contributed by atoms with Crippen LogP contribution < -0.4 is 5.32 Å². The Morgan fingerprint density at radius 2 is 2.38 bits per heavy atom. The number of carbonyl (C=O) groups excluding carboxylic acids is 2. The van der Waals surface area contributed by atoms with Crippen LogP contribution in [0.25, 0.3) is 0 Å². The molecule has 1 aliphatic rings. The quantitative estimate of drug-likeness (QED) is 0.771. The van der Waals surface area contributed by atoms with Crippen LogP contribution in [0.3, 0.4) is 0 Å². The fourth-order valence-corrected chi connectivity index (χ4v) is 2.37. The molecule has 0 bridgehead atoms. The van der Waals surface area contributed by atoms with Gasteiger partial charge in [-0.2, -0.15) is 0 Å². The Morgan fingerprint density at radius 3 is 2.88 bits per heavy atom. The molecule has 0 aromatic carbocycles. The number of nitrogens with one attached hydrogen (secondary N) is 1. The van der Waals surface area contributed by atoms with Crippen molar-refractivity contribution in [1.82, 2.24) is 15.2 Å². The van der Waals surface area contributed by atoms with Crippen molar-refractivity contribution in [1.29, 1.82) is 0 Å². The highest BCUT2D eigenvalue weighted by Crippen LogP contribution is 2.14. The summed E-state index contributed by atoms with van der Waals surface area (Å²) in [6.07, 6.45) is 2.05. The first-order chi connectivity index (χ1) is 7.58. The number of thiazole rings is 1. The maximum Gasteiger partial charge on any atom is 0.246 e. The second kappa shape index (κ2) is 4.31. The summed E-state index contributed by atoms with van der Waals surface area (Å²) < 4.78 is 0. The third kappa shape index (κ3) is 2.12. The molecule has 5 nitrogen and oxygen atoms in total. The molecule has 2 heterocycles. The number of amides is 2. The van der Waals surface area contributed by atoms with Crippen LogP contribution in [0.5, 0.6) is 0 Å². The number of aryl methyl sites for hydroxylation is 1. The SMILES string of the molecule is Cc1ncc(CNC2CC(=O)N(C)C2=O)s1. The molecule has 1 aliphatic heterocycles. The number of aromatic nitrogens is 1. The average molecular weight is 239 g/mol. The summed E-state index contributed by atoms with van der Waals surface area (Å²) in [7, 11) is 1.52. The molecule has 16 heavy (non-hydrogen) atoms. The standard InChI is InChI=1S/C10H13N3O2S/c1-6-11-4-7(16-6)5-12-8-3-9(14)13(2)10(8)15/h4,8,12H,3,5H2,1-2H3. The van der Waals surface area contributed by atoms with E-state index in [1.807, 2.05) is 6.92 Å². The molecule has 1 N–H and O–H groups in total. The predicted molar refractivity (Wildman–Crippen MR) is 59.9 cm³/mol. The normalized spacial score (nSPS) is 20.9. The van der Waals surface area contributed by atoms with Crippen molar-refractivity contribution in [2.45, 2.75) is 25.9 Å². The van der Waals surface area contributed by atoms with E-state index < -0.39 is 0 Å². The minimum absolute atomic E-state index is 0.122. The number of imide groups is 1. The predicted octanol–water partition coefficient (Wildman–Crippen LogP) is 0.298. The molecular weight excluding hydrogens is 226 g/mol. The lowest BCUT2D eigenvalue weighted by atomic mass is 10.2. The van der Waals surface area contributed by atoms with E-state index >= 15 is 0 Å². The second-order valence-electron chi connectivity index (χ2n) is 3.77. The Morgan fingerprint density at radius 1 is 1.62 bits per heavy atom. The fourth-order valence-electron chi connectivity index (χ4n) is 1.63. The van der Waals surface area contributed by atoms with Crippen molar-refractivity contribution in [3.63, 3.8) is 0 Å². The van der Waals surface area contributed by atoms with E-state index in [4.69, 9.17) is 0 Å². The largest absolute Gasteiger partial charge is 0.300 e. The van der Waals surface area contributed by atoms with Gasteiger partial charge in [0.05, 0.1) is 17.5 Å². The second-order valence-corrected chi connectivity index (χ2v) is 5.09. The van der Waals surface area contributed by atoms with E-state index in [2.05, 4.69) is 10.3 Å². The summed E-state index contributed by atoms with van der Waals surface area (Å²) in [6.45, 7) is 2.52. The summed E-state index contributed by atoms with van der Waals surface area (Å²) in [6, 6.07) is -0.375. The highest BCUT2D eigenvalue weighted by molar-refractivity contribution is 7.11. The molecule has 0 saturated carbocycles. The molecule has 86 valence electrons. The summed E-state index contributed by atoms with van der Waals surface area (Å²) in [5, 5.41) is 4.08. The first kappa shape index (κ1) is 11.2. The van der Waals surface area contributed by atoms with Crippen molar-refractivity contribution >= 4 is 23.2 Å². The maximum absolute atomic E-state index is 11.6. The zero-order chi connectivity index (χ0) is 11.7. The van der Waals surface area contributed by atoms with Crippen molar-refractivity contribution in [3.8, 4) is 0 Å². The Bertz CT molecular complexity index is 429. The third-order valence-electron chi connectivity index (χ3n) is 2.57. The molecule has 1 aromatic heterocycles. The Labute approximate surface area is 97.5 Å². The minimum atomic E-state index is -0.375. The van der Waals surface area contributed by atoms with Crippen LogP contribution in [0.15, 0.2) is 6.20 Å². The number of likely N-dealkylation sites (tertiary alicyclic amines) is 1. The third-order valence-corrected chi connectivity index (χ3v) is 3.49.